The van der Waals surface area contributed by atoms with Gasteiger partial charge in [-0.1, -0.05) is 36.1 Å². The van der Waals surface area contributed by atoms with Gasteiger partial charge in [0.1, 0.15) is 34.7 Å². The van der Waals surface area contributed by atoms with E-state index in [0.717, 1.165) is 96.4 Å². The molecule has 2 amide bonds. The molecule has 2 aromatic carbocycles. The quantitative estimate of drug-likeness (QED) is 0.193. The third-order valence-electron chi connectivity index (χ3n) is 10.5. The molecule has 9 rings (SSSR count). The number of rotatable bonds is 6. The monoisotopic (exact) mass is 708 g/mol. The first kappa shape index (κ1) is 32.8. The number of pyridine rings is 1. The van der Waals surface area contributed by atoms with Crippen LogP contribution in [0.15, 0.2) is 85.3 Å². The highest BCUT2D eigenvalue weighted by atomic mass is 19.1. The molecule has 3 aliphatic heterocycles. The predicted molar refractivity (Wildman–Crippen MR) is 199 cm³/mol. The second kappa shape index (κ2) is 13.8. The lowest BCUT2D eigenvalue weighted by Crippen LogP contribution is -2.46. The number of nitrogens with zero attached hydrogens (tertiary/aromatic N) is 9. The molecule has 0 spiro atoms. The number of imidazole rings is 2. The van der Waals surface area contributed by atoms with E-state index >= 15 is 0 Å². The average molecular weight is 709 g/mol. The number of piperidine rings is 1. The minimum absolute atomic E-state index is 0.0692. The number of aromatic nitrogens is 6. The van der Waals surface area contributed by atoms with Crippen molar-refractivity contribution in [2.24, 2.45) is 0 Å². The van der Waals surface area contributed by atoms with Gasteiger partial charge in [0, 0.05) is 39.1 Å². The van der Waals surface area contributed by atoms with E-state index in [4.69, 9.17) is 10.1 Å². The highest BCUT2D eigenvalue weighted by Gasteiger charge is 2.30. The second-order valence-electron chi connectivity index (χ2n) is 13.7. The minimum Gasteiger partial charge on any atom is -0.354 e. The van der Waals surface area contributed by atoms with Crippen LogP contribution in [0.5, 0.6) is 0 Å². The van der Waals surface area contributed by atoms with Crippen molar-refractivity contribution in [1.82, 2.24) is 39.3 Å². The van der Waals surface area contributed by atoms with E-state index in [9.17, 15) is 14.0 Å². The first-order valence-corrected chi connectivity index (χ1v) is 18.1. The highest BCUT2D eigenvalue weighted by molar-refractivity contribution is 6.00. The molecule has 53 heavy (non-hydrogen) atoms. The Labute approximate surface area is 305 Å². The topological polar surface area (TPSA) is 117 Å². The fourth-order valence-corrected chi connectivity index (χ4v) is 7.77. The summed E-state index contributed by atoms with van der Waals surface area (Å²) in [5.74, 6) is 7.62. The molecular weight excluding hydrogens is 672 g/mol. The van der Waals surface area contributed by atoms with E-state index < -0.39 is 6.04 Å². The lowest BCUT2D eigenvalue weighted by Gasteiger charge is -2.34. The van der Waals surface area contributed by atoms with Gasteiger partial charge in [-0.15, -0.1) is 5.10 Å². The van der Waals surface area contributed by atoms with Crippen LogP contribution >= 0.6 is 0 Å². The van der Waals surface area contributed by atoms with Gasteiger partial charge in [-0.05, 0) is 73.4 Å². The van der Waals surface area contributed by atoms with Crippen molar-refractivity contribution in [1.29, 1.82) is 0 Å². The van der Waals surface area contributed by atoms with Crippen LogP contribution in [0.1, 0.15) is 48.9 Å². The summed E-state index contributed by atoms with van der Waals surface area (Å²) in [4.78, 5) is 45.3. The van der Waals surface area contributed by atoms with E-state index in [1.807, 2.05) is 69.9 Å². The summed E-state index contributed by atoms with van der Waals surface area (Å²) in [5, 5.41) is 7.45. The summed E-state index contributed by atoms with van der Waals surface area (Å²) < 4.78 is 17.8. The molecule has 0 radical (unpaired) electrons. The number of para-hydroxylation sites is 1. The van der Waals surface area contributed by atoms with Gasteiger partial charge in [0.2, 0.25) is 11.8 Å². The molecule has 3 fully saturated rings. The number of carbonyl (C=O) groups excluding carboxylic acids is 2. The second-order valence-corrected chi connectivity index (χ2v) is 13.7. The van der Waals surface area contributed by atoms with Crippen LogP contribution in [-0.2, 0) is 9.59 Å². The van der Waals surface area contributed by atoms with Gasteiger partial charge < -0.3 is 14.4 Å². The lowest BCUT2D eigenvalue weighted by molar-refractivity contribution is -0.135. The Bertz CT molecular complexity index is 2420. The van der Waals surface area contributed by atoms with Crippen LogP contribution in [-0.4, -0.2) is 85.1 Å². The number of halogens is 1. The van der Waals surface area contributed by atoms with E-state index in [0.29, 0.717) is 19.4 Å². The average Bonchev–Trinajstić information content (AvgIpc) is 3.94. The fraction of sp³-hybridized carbons (Fsp3) is 0.300. The molecular formula is C40H37FN10O2. The Hall–Kier alpha value is -6.13. The summed E-state index contributed by atoms with van der Waals surface area (Å²) in [6.07, 6.45) is 6.21. The van der Waals surface area contributed by atoms with E-state index in [1.54, 1.807) is 18.5 Å². The maximum Gasteiger partial charge on any atom is 0.249 e. The van der Waals surface area contributed by atoms with Crippen LogP contribution in [0.4, 0.5) is 16.0 Å². The van der Waals surface area contributed by atoms with Crippen molar-refractivity contribution in [3.05, 3.63) is 102 Å². The van der Waals surface area contributed by atoms with Gasteiger partial charge >= 0.3 is 0 Å². The molecule has 4 aromatic heterocycles. The maximum absolute atomic E-state index is 14.1. The standard InChI is InChI=1S/C40H37FN10O2/c41-29-9-1-7-28(24-29)31-12-5-19-49(31)37-16-15-35-42-25-34(51(35)46-37)30-10-3-13-36(44-30)48-22-20-47(21-23-48)18-4-8-27-6-2-11-32-39(27)43-26-50(32)33-14-17-38(52)45-40(33)53/h1-3,6-7,9-11,13,15-16,24-26,31,33H,5,12,14,17-23H2,(H,45,52,53)/t31-,33?/m1/s1. The van der Waals surface area contributed by atoms with Gasteiger partial charge in [-0.25, -0.2) is 23.9 Å². The first-order chi connectivity index (χ1) is 26.0. The zero-order chi connectivity index (χ0) is 35.9. The molecule has 3 aliphatic rings. The predicted octanol–water partition coefficient (Wildman–Crippen LogP) is 4.77. The number of fused-ring (bicyclic) bond motifs is 2. The lowest BCUT2D eigenvalue weighted by atomic mass is 10.0. The van der Waals surface area contributed by atoms with Crippen molar-refractivity contribution in [2.75, 3.05) is 49.1 Å². The Morgan fingerprint density at radius 3 is 2.60 bits per heavy atom. The Morgan fingerprint density at radius 2 is 1.74 bits per heavy atom. The molecule has 1 unspecified atom stereocenters. The number of nitrogens with one attached hydrogen (secondary N) is 1. The molecule has 13 heteroatoms. The molecule has 0 aliphatic carbocycles. The van der Waals surface area contributed by atoms with E-state index in [-0.39, 0.29) is 23.7 Å². The molecule has 0 saturated carbocycles. The van der Waals surface area contributed by atoms with Crippen LogP contribution < -0.4 is 15.1 Å². The Morgan fingerprint density at radius 1 is 0.868 bits per heavy atom. The van der Waals surface area contributed by atoms with Crippen molar-refractivity contribution >= 4 is 40.1 Å². The molecule has 2 atom stereocenters. The Kier molecular flexibility index (Phi) is 8.52. The molecule has 6 aromatic rings. The van der Waals surface area contributed by atoms with Crippen molar-refractivity contribution in [2.45, 2.75) is 37.8 Å². The largest absolute Gasteiger partial charge is 0.354 e. The Balaban J connectivity index is 0.865. The van der Waals surface area contributed by atoms with Gasteiger partial charge in [0.05, 0.1) is 41.9 Å². The van der Waals surface area contributed by atoms with Crippen LogP contribution in [0.3, 0.4) is 0 Å². The van der Waals surface area contributed by atoms with Crippen molar-refractivity contribution in [3.63, 3.8) is 0 Å². The molecule has 266 valence electrons. The van der Waals surface area contributed by atoms with Gasteiger partial charge in [-0.2, -0.15) is 0 Å². The van der Waals surface area contributed by atoms with E-state index in [1.165, 1.54) is 6.07 Å². The third-order valence-corrected chi connectivity index (χ3v) is 10.5. The summed E-state index contributed by atoms with van der Waals surface area (Å²) in [7, 11) is 0. The number of imide groups is 1. The van der Waals surface area contributed by atoms with Gasteiger partial charge in [0.15, 0.2) is 5.65 Å². The zero-order valence-corrected chi connectivity index (χ0v) is 29.0. The zero-order valence-electron chi connectivity index (χ0n) is 29.0. The van der Waals surface area contributed by atoms with Crippen LogP contribution in [0.2, 0.25) is 0 Å². The molecule has 7 heterocycles. The van der Waals surface area contributed by atoms with Crippen molar-refractivity contribution in [3.8, 4) is 23.2 Å². The number of carbonyl (C=O) groups is 2. The number of anilines is 2. The highest BCUT2D eigenvalue weighted by Crippen LogP contribution is 2.36. The van der Waals surface area contributed by atoms with E-state index in [2.05, 4.69) is 41.8 Å². The number of piperazine rings is 1. The fourth-order valence-electron chi connectivity index (χ4n) is 7.77. The number of hydrogen-bond acceptors (Lipinski definition) is 9. The molecule has 1 N–H and O–H groups in total. The number of amides is 2. The summed E-state index contributed by atoms with van der Waals surface area (Å²) in [6, 6.07) is 22.3. The first-order valence-electron chi connectivity index (χ1n) is 18.1. The normalized spacial score (nSPS) is 19.5. The third kappa shape index (κ3) is 6.35. The summed E-state index contributed by atoms with van der Waals surface area (Å²) >= 11 is 0. The van der Waals surface area contributed by atoms with Crippen LogP contribution in [0.25, 0.3) is 28.1 Å². The molecule has 12 nitrogen and oxygen atoms in total. The minimum atomic E-state index is -0.460. The van der Waals surface area contributed by atoms with Crippen LogP contribution in [0, 0.1) is 17.7 Å². The smallest absolute Gasteiger partial charge is 0.249 e. The SMILES string of the molecule is O=C1CCC(n2cnc3c(C#CCN4CCN(c5cccc(-c6cnc7ccc(N8CCC[C@@H]8c8cccc(F)c8)nn67)n5)CC4)cccc32)C(=O)N1. The summed E-state index contributed by atoms with van der Waals surface area (Å²) in [6.45, 7) is 4.79. The molecule has 0 bridgehead atoms. The number of hydrogen-bond donors (Lipinski definition) is 1. The van der Waals surface area contributed by atoms with Gasteiger partial charge in [0.25, 0.3) is 0 Å². The number of benzene rings is 2. The summed E-state index contributed by atoms with van der Waals surface area (Å²) in [5.41, 5.74) is 5.71. The van der Waals surface area contributed by atoms with Gasteiger partial charge in [-0.3, -0.25) is 19.8 Å². The van der Waals surface area contributed by atoms with Crippen molar-refractivity contribution < 1.29 is 14.0 Å². The molecule has 3 saturated heterocycles. The maximum atomic E-state index is 14.1.